The second kappa shape index (κ2) is 8.37. The van der Waals surface area contributed by atoms with E-state index in [0.29, 0.717) is 62.3 Å². The molecule has 1 aliphatic carbocycles. The Morgan fingerprint density at radius 1 is 0.938 bits per heavy atom. The molecule has 168 valence electrons. The number of carbonyl (C=O) groups is 3. The quantitative estimate of drug-likeness (QED) is 0.785. The smallest absolute Gasteiger partial charge is 0.261 e. The van der Waals surface area contributed by atoms with Crippen molar-refractivity contribution in [3.8, 4) is 0 Å². The Kier molecular flexibility index (Phi) is 5.75. The number of fused-ring (bicyclic) bond motifs is 1. The Hall–Kier alpha value is -3.22. The lowest BCUT2D eigenvalue weighted by Gasteiger charge is -2.30. The van der Waals surface area contributed by atoms with Gasteiger partial charge in [-0.3, -0.25) is 19.2 Å². The van der Waals surface area contributed by atoms with Gasteiger partial charge >= 0.3 is 0 Å². The van der Waals surface area contributed by atoms with E-state index in [4.69, 9.17) is 0 Å². The summed E-state index contributed by atoms with van der Waals surface area (Å²) in [5.74, 6) is -0.494. The summed E-state index contributed by atoms with van der Waals surface area (Å²) in [4.78, 5) is 57.5. The highest BCUT2D eigenvalue weighted by molar-refractivity contribution is 6.02. The summed E-state index contributed by atoms with van der Waals surface area (Å²) in [6, 6.07) is 8.94. The van der Waals surface area contributed by atoms with E-state index < -0.39 is 11.5 Å². The predicted octanol–water partition coefficient (Wildman–Crippen LogP) is 2.83. The minimum absolute atomic E-state index is 0.00438. The fourth-order valence-corrected chi connectivity index (χ4v) is 4.64. The van der Waals surface area contributed by atoms with Gasteiger partial charge in [-0.25, -0.2) is 0 Å². The molecular weight excluding hydrogens is 406 g/mol. The highest BCUT2D eigenvalue weighted by atomic mass is 16.2. The van der Waals surface area contributed by atoms with Crippen molar-refractivity contribution in [3.05, 3.63) is 68.6 Å². The highest BCUT2D eigenvalue weighted by Gasteiger charge is 2.33. The minimum atomic E-state index is -0.462. The summed E-state index contributed by atoms with van der Waals surface area (Å²) < 4.78 is 0. The first kappa shape index (κ1) is 22.0. The van der Waals surface area contributed by atoms with Crippen LogP contribution in [0.2, 0.25) is 0 Å². The first-order valence-corrected chi connectivity index (χ1v) is 11.1. The van der Waals surface area contributed by atoms with Gasteiger partial charge in [-0.15, -0.1) is 0 Å². The maximum atomic E-state index is 13.2. The molecule has 1 N–H and O–H groups in total. The van der Waals surface area contributed by atoms with Crippen LogP contribution in [0.25, 0.3) is 0 Å². The number of H-pyrrole nitrogens is 1. The van der Waals surface area contributed by atoms with Crippen LogP contribution >= 0.6 is 0 Å². The summed E-state index contributed by atoms with van der Waals surface area (Å²) in [6.45, 7) is 7.67. The number of Topliss-reactive ketones (excluding diaryl/α,β-unsaturated/α-hetero) is 1. The molecule has 1 aromatic carbocycles. The number of ketones is 1. The van der Waals surface area contributed by atoms with Crippen LogP contribution < -0.4 is 5.56 Å². The second-order valence-electron chi connectivity index (χ2n) is 9.65. The Balaban J connectivity index is 1.51. The summed E-state index contributed by atoms with van der Waals surface area (Å²) in [6.07, 6.45) is 1.61. The van der Waals surface area contributed by atoms with Crippen LogP contribution in [0, 0.1) is 12.3 Å². The van der Waals surface area contributed by atoms with Crippen LogP contribution in [0.4, 0.5) is 0 Å². The lowest BCUT2D eigenvalue weighted by Crippen LogP contribution is -2.40. The maximum Gasteiger partial charge on any atom is 0.261 e. The zero-order chi connectivity index (χ0) is 23.0. The largest absolute Gasteiger partial charge is 0.337 e. The van der Waals surface area contributed by atoms with Crippen molar-refractivity contribution in [1.29, 1.82) is 0 Å². The number of aromatic nitrogens is 1. The number of hydrogen-bond acceptors (Lipinski definition) is 4. The average molecular weight is 436 g/mol. The number of pyridine rings is 1. The predicted molar refractivity (Wildman–Crippen MR) is 121 cm³/mol. The number of nitrogens with one attached hydrogen (secondary N) is 1. The maximum absolute atomic E-state index is 13.2. The summed E-state index contributed by atoms with van der Waals surface area (Å²) in [5, 5.41) is 0. The van der Waals surface area contributed by atoms with Crippen molar-refractivity contribution in [3.63, 3.8) is 0 Å². The SMILES string of the molecule is Cc1cccc(C(=O)N2CCCN(C(=O)c3cc4c([nH]c3=O)CC(C)(C)CC4=O)CC2)c1. The molecule has 1 aliphatic heterocycles. The minimum Gasteiger partial charge on any atom is -0.337 e. The van der Waals surface area contributed by atoms with E-state index >= 15 is 0 Å². The number of carbonyl (C=O) groups excluding carboxylic acids is 3. The molecule has 0 unspecified atom stereocenters. The van der Waals surface area contributed by atoms with Gasteiger partial charge in [0.15, 0.2) is 5.78 Å². The number of amides is 2. The van der Waals surface area contributed by atoms with Crippen LogP contribution in [0.15, 0.2) is 35.1 Å². The number of aryl methyl sites for hydroxylation is 1. The van der Waals surface area contributed by atoms with E-state index in [-0.39, 0.29) is 22.7 Å². The molecule has 0 saturated carbocycles. The molecule has 0 atom stereocenters. The Morgan fingerprint density at radius 3 is 2.31 bits per heavy atom. The van der Waals surface area contributed by atoms with Crippen molar-refractivity contribution in [2.24, 2.45) is 5.41 Å². The van der Waals surface area contributed by atoms with Crippen molar-refractivity contribution < 1.29 is 14.4 Å². The fraction of sp³-hybridized carbons (Fsp3) is 0.440. The van der Waals surface area contributed by atoms with E-state index in [1.54, 1.807) is 15.9 Å². The van der Waals surface area contributed by atoms with Gasteiger partial charge < -0.3 is 14.8 Å². The van der Waals surface area contributed by atoms with E-state index in [1.807, 2.05) is 39.0 Å². The molecule has 2 aromatic rings. The normalized spacial score (nSPS) is 18.2. The van der Waals surface area contributed by atoms with Gasteiger partial charge in [-0.05, 0) is 43.4 Å². The van der Waals surface area contributed by atoms with Gasteiger partial charge in [0.2, 0.25) is 0 Å². The molecule has 1 saturated heterocycles. The van der Waals surface area contributed by atoms with Crippen LogP contribution in [0.5, 0.6) is 0 Å². The molecule has 7 heteroatoms. The Bertz CT molecular complexity index is 1150. The van der Waals surface area contributed by atoms with E-state index in [0.717, 1.165) is 5.56 Å². The molecule has 2 heterocycles. The monoisotopic (exact) mass is 435 g/mol. The molecule has 32 heavy (non-hydrogen) atoms. The van der Waals surface area contributed by atoms with Gasteiger partial charge in [0.1, 0.15) is 5.56 Å². The molecule has 1 aromatic heterocycles. The van der Waals surface area contributed by atoms with Crippen molar-refractivity contribution in [2.45, 2.75) is 40.0 Å². The third kappa shape index (κ3) is 4.38. The van der Waals surface area contributed by atoms with Gasteiger partial charge in [-0.1, -0.05) is 31.5 Å². The second-order valence-corrected chi connectivity index (χ2v) is 9.65. The van der Waals surface area contributed by atoms with E-state index in [9.17, 15) is 19.2 Å². The number of hydrogen-bond donors (Lipinski definition) is 1. The van der Waals surface area contributed by atoms with Crippen LogP contribution in [0.3, 0.4) is 0 Å². The Morgan fingerprint density at radius 2 is 1.62 bits per heavy atom. The molecule has 4 rings (SSSR count). The summed E-state index contributed by atoms with van der Waals surface area (Å²) in [5.41, 5.74) is 2.03. The van der Waals surface area contributed by atoms with Gasteiger partial charge in [0, 0.05) is 49.4 Å². The van der Waals surface area contributed by atoms with Crippen molar-refractivity contribution in [1.82, 2.24) is 14.8 Å². The van der Waals surface area contributed by atoms with Crippen molar-refractivity contribution in [2.75, 3.05) is 26.2 Å². The lowest BCUT2D eigenvalue weighted by atomic mass is 9.75. The molecule has 0 radical (unpaired) electrons. The zero-order valence-corrected chi connectivity index (χ0v) is 18.9. The third-order valence-electron chi connectivity index (χ3n) is 6.28. The Labute approximate surface area is 187 Å². The molecule has 1 fully saturated rings. The molecule has 2 aliphatic rings. The first-order chi connectivity index (χ1) is 15.1. The number of nitrogens with zero attached hydrogens (tertiary/aromatic N) is 2. The first-order valence-electron chi connectivity index (χ1n) is 11.1. The fourth-order valence-electron chi connectivity index (χ4n) is 4.64. The van der Waals surface area contributed by atoms with Crippen LogP contribution in [0.1, 0.15) is 69.0 Å². The zero-order valence-electron chi connectivity index (χ0n) is 18.9. The average Bonchev–Trinajstić information content (AvgIpc) is 2.98. The van der Waals surface area contributed by atoms with Gasteiger partial charge in [-0.2, -0.15) is 0 Å². The number of benzene rings is 1. The highest BCUT2D eigenvalue weighted by Crippen LogP contribution is 2.33. The number of rotatable bonds is 2. The molecule has 2 amide bonds. The molecule has 7 nitrogen and oxygen atoms in total. The third-order valence-corrected chi connectivity index (χ3v) is 6.28. The number of aromatic amines is 1. The van der Waals surface area contributed by atoms with Gasteiger partial charge in [0.25, 0.3) is 17.4 Å². The molecular formula is C25H29N3O4. The van der Waals surface area contributed by atoms with Crippen molar-refractivity contribution >= 4 is 17.6 Å². The van der Waals surface area contributed by atoms with Crippen LogP contribution in [-0.4, -0.2) is 58.6 Å². The topological polar surface area (TPSA) is 90.6 Å². The molecule has 0 bridgehead atoms. The molecule has 0 spiro atoms. The summed E-state index contributed by atoms with van der Waals surface area (Å²) >= 11 is 0. The summed E-state index contributed by atoms with van der Waals surface area (Å²) in [7, 11) is 0. The van der Waals surface area contributed by atoms with E-state index in [2.05, 4.69) is 4.98 Å². The lowest BCUT2D eigenvalue weighted by molar-refractivity contribution is 0.0717. The standard InChI is InChI=1S/C25H29N3O4/c1-16-6-4-7-17(12-16)23(31)27-8-5-9-28(11-10-27)24(32)19-13-18-20(26-22(19)30)14-25(2,3)15-21(18)29/h4,6-7,12-13H,5,8-11,14-15H2,1-3H3,(H,26,30). The van der Waals surface area contributed by atoms with Crippen LogP contribution in [-0.2, 0) is 6.42 Å². The van der Waals surface area contributed by atoms with Gasteiger partial charge in [0.05, 0.1) is 0 Å². The van der Waals surface area contributed by atoms with E-state index in [1.165, 1.54) is 6.07 Å².